The van der Waals surface area contributed by atoms with E-state index in [1.165, 1.54) is 16.2 Å². The summed E-state index contributed by atoms with van der Waals surface area (Å²) >= 11 is 6.70. The summed E-state index contributed by atoms with van der Waals surface area (Å²) in [7, 11) is 0. The maximum Gasteiger partial charge on any atom is 0.267 e. The molecule has 2 aromatic heterocycles. The molecular weight excluding hydrogens is 430 g/mol. The van der Waals surface area contributed by atoms with Crippen LogP contribution in [0.2, 0.25) is 0 Å². The number of aromatic nitrogens is 2. The van der Waals surface area contributed by atoms with E-state index >= 15 is 0 Å². The number of hydrogen-bond acceptors (Lipinski definition) is 7. The fourth-order valence-electron chi connectivity index (χ4n) is 3.87. The van der Waals surface area contributed by atoms with Gasteiger partial charge in [-0.25, -0.2) is 4.98 Å². The Balaban J connectivity index is 1.77. The number of fused-ring (bicyclic) bond motifs is 1. The highest BCUT2D eigenvalue weighted by Gasteiger charge is 2.32. The molecule has 2 aliphatic heterocycles. The highest BCUT2D eigenvalue weighted by Crippen LogP contribution is 2.33. The molecule has 0 unspecified atom stereocenters. The van der Waals surface area contributed by atoms with Gasteiger partial charge in [-0.1, -0.05) is 50.3 Å². The molecule has 2 saturated heterocycles. The summed E-state index contributed by atoms with van der Waals surface area (Å²) in [5, 5.41) is 0. The first kappa shape index (κ1) is 22.0. The molecule has 4 rings (SSSR count). The standard InChI is InChI=1S/C22H27N5O2S2/c1-3-5-9-27-21(29)17(31-22(27)30)15-16-19(25-13-11-24(4-2)12-14-25)23-18-8-6-7-10-26(18)20(16)28/h6-8,10,15H,3-5,9,11-14H2,1-2H3/b17-15+. The lowest BCUT2D eigenvalue weighted by atomic mass is 10.2. The lowest BCUT2D eigenvalue weighted by molar-refractivity contribution is -0.122. The second kappa shape index (κ2) is 9.50. The third-order valence-electron chi connectivity index (χ3n) is 5.75. The van der Waals surface area contributed by atoms with Gasteiger partial charge < -0.3 is 9.80 Å². The highest BCUT2D eigenvalue weighted by atomic mass is 32.2. The van der Waals surface area contributed by atoms with Crippen LogP contribution in [-0.2, 0) is 4.79 Å². The lowest BCUT2D eigenvalue weighted by Crippen LogP contribution is -2.47. The number of anilines is 1. The van der Waals surface area contributed by atoms with Gasteiger partial charge in [-0.15, -0.1) is 0 Å². The molecule has 2 aliphatic rings. The van der Waals surface area contributed by atoms with Crippen LogP contribution in [-0.4, -0.2) is 68.7 Å². The maximum atomic E-state index is 13.4. The minimum Gasteiger partial charge on any atom is -0.353 e. The molecule has 2 aromatic rings. The van der Waals surface area contributed by atoms with Crippen LogP contribution in [0.4, 0.5) is 5.82 Å². The molecule has 31 heavy (non-hydrogen) atoms. The molecule has 0 aromatic carbocycles. The number of amides is 1. The zero-order chi connectivity index (χ0) is 22.0. The smallest absolute Gasteiger partial charge is 0.267 e. The highest BCUT2D eigenvalue weighted by molar-refractivity contribution is 8.26. The SMILES string of the molecule is CCCCN1C(=O)/C(=C\c2c(N3CCN(CC)CC3)nc3ccccn3c2=O)SC1=S. The molecule has 164 valence electrons. The molecule has 0 atom stereocenters. The Labute approximate surface area is 191 Å². The second-order valence-electron chi connectivity index (χ2n) is 7.69. The largest absolute Gasteiger partial charge is 0.353 e. The fraction of sp³-hybridized carbons (Fsp3) is 0.455. The third kappa shape index (κ3) is 4.40. The van der Waals surface area contributed by atoms with E-state index in [-0.39, 0.29) is 11.5 Å². The van der Waals surface area contributed by atoms with Crippen molar-refractivity contribution >= 4 is 51.7 Å². The van der Waals surface area contributed by atoms with Crippen LogP contribution in [0.1, 0.15) is 32.3 Å². The van der Waals surface area contributed by atoms with Gasteiger partial charge in [0.05, 0.1) is 10.5 Å². The Morgan fingerprint density at radius 2 is 1.94 bits per heavy atom. The summed E-state index contributed by atoms with van der Waals surface area (Å²) in [6.45, 7) is 9.29. The normalized spacial score (nSPS) is 19.2. The van der Waals surface area contributed by atoms with E-state index in [1.807, 2.05) is 18.2 Å². The molecule has 0 spiro atoms. The van der Waals surface area contributed by atoms with Crippen molar-refractivity contribution in [3.05, 3.63) is 45.2 Å². The van der Waals surface area contributed by atoms with Gasteiger partial charge in [0.1, 0.15) is 15.8 Å². The van der Waals surface area contributed by atoms with Crippen molar-refractivity contribution in [2.75, 3.05) is 44.2 Å². The van der Waals surface area contributed by atoms with Crippen molar-refractivity contribution in [1.29, 1.82) is 0 Å². The number of rotatable bonds is 6. The number of nitrogens with zero attached hydrogens (tertiary/aromatic N) is 5. The summed E-state index contributed by atoms with van der Waals surface area (Å²) in [4.78, 5) is 37.9. The molecule has 1 amide bonds. The number of piperazine rings is 1. The van der Waals surface area contributed by atoms with Gasteiger partial charge in [0.25, 0.3) is 11.5 Å². The molecule has 4 heterocycles. The Kier molecular flexibility index (Phi) is 6.74. The van der Waals surface area contributed by atoms with Gasteiger partial charge in [0.2, 0.25) is 0 Å². The van der Waals surface area contributed by atoms with E-state index in [1.54, 1.807) is 17.2 Å². The van der Waals surface area contributed by atoms with E-state index in [9.17, 15) is 9.59 Å². The van der Waals surface area contributed by atoms with Crippen molar-refractivity contribution in [1.82, 2.24) is 19.2 Å². The minimum absolute atomic E-state index is 0.122. The van der Waals surface area contributed by atoms with E-state index in [2.05, 4.69) is 23.6 Å². The van der Waals surface area contributed by atoms with Crippen molar-refractivity contribution in [2.45, 2.75) is 26.7 Å². The number of carbonyl (C=O) groups is 1. The Morgan fingerprint density at radius 3 is 2.65 bits per heavy atom. The predicted molar refractivity (Wildman–Crippen MR) is 131 cm³/mol. The van der Waals surface area contributed by atoms with Crippen molar-refractivity contribution in [3.8, 4) is 0 Å². The topological polar surface area (TPSA) is 61.2 Å². The lowest BCUT2D eigenvalue weighted by Gasteiger charge is -2.35. The van der Waals surface area contributed by atoms with Crippen molar-refractivity contribution < 1.29 is 4.79 Å². The molecule has 9 heteroatoms. The summed E-state index contributed by atoms with van der Waals surface area (Å²) in [6, 6.07) is 5.52. The third-order valence-corrected chi connectivity index (χ3v) is 7.13. The number of likely N-dealkylation sites (N-methyl/N-ethyl adjacent to an activating group) is 1. The number of thioether (sulfide) groups is 1. The van der Waals surface area contributed by atoms with E-state index in [0.29, 0.717) is 32.8 Å². The molecular formula is C22H27N5O2S2. The quantitative estimate of drug-likeness (QED) is 0.488. The predicted octanol–water partition coefficient (Wildman–Crippen LogP) is 2.84. The van der Waals surface area contributed by atoms with Crippen molar-refractivity contribution in [2.24, 2.45) is 0 Å². The molecule has 2 fully saturated rings. The van der Waals surface area contributed by atoms with E-state index < -0.39 is 0 Å². The van der Waals surface area contributed by atoms with Crippen LogP contribution in [0.25, 0.3) is 11.7 Å². The van der Waals surface area contributed by atoms with Crippen LogP contribution in [0, 0.1) is 0 Å². The number of pyridine rings is 1. The molecule has 0 N–H and O–H groups in total. The maximum absolute atomic E-state index is 13.4. The zero-order valence-electron chi connectivity index (χ0n) is 17.9. The van der Waals surface area contributed by atoms with Gasteiger partial charge in [0.15, 0.2) is 0 Å². The average Bonchev–Trinajstić information content (AvgIpc) is 3.06. The molecule has 7 nitrogen and oxygen atoms in total. The Bertz CT molecular complexity index is 1090. The summed E-state index contributed by atoms with van der Waals surface area (Å²) in [5.74, 6) is 0.522. The monoisotopic (exact) mass is 457 g/mol. The molecule has 0 radical (unpaired) electrons. The van der Waals surface area contributed by atoms with Gasteiger partial charge in [-0.2, -0.15) is 0 Å². The molecule has 0 aliphatic carbocycles. The zero-order valence-corrected chi connectivity index (χ0v) is 19.5. The summed E-state index contributed by atoms with van der Waals surface area (Å²) < 4.78 is 2.09. The first-order chi connectivity index (χ1) is 15.0. The fourth-order valence-corrected chi connectivity index (χ4v) is 5.16. The van der Waals surface area contributed by atoms with Crippen molar-refractivity contribution in [3.63, 3.8) is 0 Å². The number of carbonyl (C=O) groups excluding carboxylic acids is 1. The van der Waals surface area contributed by atoms with Crippen LogP contribution in [0.5, 0.6) is 0 Å². The van der Waals surface area contributed by atoms with E-state index in [4.69, 9.17) is 17.2 Å². The van der Waals surface area contributed by atoms with Gasteiger partial charge in [0, 0.05) is 38.9 Å². The van der Waals surface area contributed by atoms with Crippen LogP contribution in [0.3, 0.4) is 0 Å². The van der Waals surface area contributed by atoms with Gasteiger partial charge in [-0.3, -0.25) is 18.9 Å². The Morgan fingerprint density at radius 1 is 1.16 bits per heavy atom. The first-order valence-electron chi connectivity index (χ1n) is 10.8. The molecule has 0 saturated carbocycles. The minimum atomic E-state index is -0.169. The molecule has 0 bridgehead atoms. The average molecular weight is 458 g/mol. The van der Waals surface area contributed by atoms with E-state index in [0.717, 1.165) is 45.6 Å². The second-order valence-corrected chi connectivity index (χ2v) is 9.37. The van der Waals surface area contributed by atoms with Crippen LogP contribution < -0.4 is 10.5 Å². The summed E-state index contributed by atoms with van der Waals surface area (Å²) in [6.07, 6.45) is 5.29. The van der Waals surface area contributed by atoms with Crippen LogP contribution in [0.15, 0.2) is 34.1 Å². The number of hydrogen-bond donors (Lipinski definition) is 0. The first-order valence-corrected chi connectivity index (χ1v) is 12.0. The summed E-state index contributed by atoms with van der Waals surface area (Å²) in [5.41, 5.74) is 0.884. The number of thiocarbonyl (C=S) groups is 1. The van der Waals surface area contributed by atoms with Gasteiger partial charge in [-0.05, 0) is 31.2 Å². The van der Waals surface area contributed by atoms with Crippen LogP contribution >= 0.6 is 24.0 Å². The van der Waals surface area contributed by atoms with Gasteiger partial charge >= 0.3 is 0 Å². The Hall–Kier alpha value is -2.23. The number of unbranched alkanes of at least 4 members (excludes halogenated alkanes) is 1.